The smallest absolute Gasteiger partial charge is 0.282 e. The summed E-state index contributed by atoms with van der Waals surface area (Å²) >= 11 is 7.12. The lowest BCUT2D eigenvalue weighted by molar-refractivity contribution is 0.0658. The molecule has 0 bridgehead atoms. The number of fused-ring (bicyclic) bond motifs is 1. The Bertz CT molecular complexity index is 1020. The first-order chi connectivity index (χ1) is 11.9. The van der Waals surface area contributed by atoms with Crippen LogP contribution >= 0.6 is 22.9 Å². The van der Waals surface area contributed by atoms with Crippen LogP contribution in [0.1, 0.15) is 9.80 Å². The Balaban J connectivity index is 1.49. The molecular formula is C17H13ClN2O3S2. The molecule has 0 saturated carbocycles. The molecule has 0 unspecified atom stereocenters. The summed E-state index contributed by atoms with van der Waals surface area (Å²) in [6.45, 7) is 0.361. The minimum Gasteiger partial charge on any atom is -0.334 e. The standard InChI is InChI=1S/C17H13ClN2O3S2/c18-11-5-7-12(8-6-11)25(22,23)13-9-20(10-13)17(21)16-19-14-3-1-2-4-15(14)24-16/h1-8,13H,9-10H2. The molecule has 2 aromatic carbocycles. The number of likely N-dealkylation sites (tertiary alicyclic amines) is 1. The van der Waals surface area contributed by atoms with E-state index in [1.165, 1.54) is 28.4 Å². The number of nitrogens with zero attached hydrogens (tertiary/aromatic N) is 2. The average molecular weight is 393 g/mol. The first kappa shape index (κ1) is 16.5. The summed E-state index contributed by atoms with van der Waals surface area (Å²) in [6, 6.07) is 13.6. The maximum absolute atomic E-state index is 12.6. The van der Waals surface area contributed by atoms with Crippen molar-refractivity contribution in [2.75, 3.05) is 13.1 Å². The highest BCUT2D eigenvalue weighted by Crippen LogP contribution is 2.28. The molecule has 1 aromatic heterocycles. The molecule has 25 heavy (non-hydrogen) atoms. The Hall–Kier alpha value is -1.96. The van der Waals surface area contributed by atoms with Crippen molar-refractivity contribution in [3.05, 3.63) is 58.6 Å². The minimum atomic E-state index is -3.46. The van der Waals surface area contributed by atoms with Crippen LogP contribution < -0.4 is 0 Å². The molecule has 0 spiro atoms. The van der Waals surface area contributed by atoms with Gasteiger partial charge in [0.25, 0.3) is 5.91 Å². The highest BCUT2D eigenvalue weighted by molar-refractivity contribution is 7.92. The molecular weight excluding hydrogens is 380 g/mol. The lowest BCUT2D eigenvalue weighted by atomic mass is 10.2. The number of thiazole rings is 1. The SMILES string of the molecule is O=C(c1nc2ccccc2s1)N1CC(S(=O)(=O)c2ccc(Cl)cc2)C1. The molecule has 8 heteroatoms. The van der Waals surface area contributed by atoms with Crippen molar-refractivity contribution in [1.82, 2.24) is 9.88 Å². The van der Waals surface area contributed by atoms with E-state index in [0.29, 0.717) is 10.0 Å². The van der Waals surface area contributed by atoms with E-state index in [2.05, 4.69) is 4.98 Å². The third-order valence-corrected chi connectivity index (χ3v) is 7.57. The Kier molecular flexibility index (Phi) is 4.02. The van der Waals surface area contributed by atoms with Gasteiger partial charge < -0.3 is 4.90 Å². The topological polar surface area (TPSA) is 67.3 Å². The summed E-state index contributed by atoms with van der Waals surface area (Å²) in [5, 5.41) is 0.288. The molecule has 1 fully saturated rings. The fraction of sp³-hybridized carbons (Fsp3) is 0.176. The Morgan fingerprint density at radius 3 is 2.48 bits per heavy atom. The molecule has 1 amide bonds. The van der Waals surface area contributed by atoms with Crippen molar-refractivity contribution in [3.63, 3.8) is 0 Å². The normalized spacial score (nSPS) is 15.3. The van der Waals surface area contributed by atoms with Crippen molar-refractivity contribution in [1.29, 1.82) is 0 Å². The van der Waals surface area contributed by atoms with Gasteiger partial charge in [-0.25, -0.2) is 13.4 Å². The van der Waals surface area contributed by atoms with E-state index < -0.39 is 15.1 Å². The van der Waals surface area contributed by atoms with Crippen LogP contribution in [0.25, 0.3) is 10.2 Å². The zero-order valence-corrected chi connectivity index (χ0v) is 15.3. The second-order valence-corrected chi connectivity index (χ2v) is 9.51. The number of para-hydroxylation sites is 1. The molecule has 1 aliphatic heterocycles. The average Bonchev–Trinajstić information content (AvgIpc) is 2.97. The number of sulfone groups is 1. The maximum atomic E-state index is 12.6. The molecule has 1 saturated heterocycles. The summed E-state index contributed by atoms with van der Waals surface area (Å²) in [7, 11) is -3.46. The third kappa shape index (κ3) is 2.92. The van der Waals surface area contributed by atoms with Crippen LogP contribution in [0.3, 0.4) is 0 Å². The molecule has 4 rings (SSSR count). The number of rotatable bonds is 3. The number of carbonyl (C=O) groups excluding carboxylic acids is 1. The van der Waals surface area contributed by atoms with Crippen molar-refractivity contribution < 1.29 is 13.2 Å². The van der Waals surface area contributed by atoms with Gasteiger partial charge in [-0.3, -0.25) is 4.79 Å². The van der Waals surface area contributed by atoms with Crippen molar-refractivity contribution in [2.24, 2.45) is 0 Å². The van der Waals surface area contributed by atoms with E-state index in [4.69, 9.17) is 11.6 Å². The van der Waals surface area contributed by atoms with Crippen molar-refractivity contribution in [3.8, 4) is 0 Å². The molecule has 128 valence electrons. The van der Waals surface area contributed by atoms with E-state index in [-0.39, 0.29) is 23.9 Å². The fourth-order valence-corrected chi connectivity index (χ4v) is 5.43. The van der Waals surface area contributed by atoms with Gasteiger partial charge in [0, 0.05) is 18.1 Å². The quantitative estimate of drug-likeness (QED) is 0.686. The number of hydrogen-bond acceptors (Lipinski definition) is 5. The van der Waals surface area contributed by atoms with Gasteiger partial charge in [-0.05, 0) is 36.4 Å². The lowest BCUT2D eigenvalue weighted by Crippen LogP contribution is -2.56. The van der Waals surface area contributed by atoms with Gasteiger partial charge in [0.15, 0.2) is 14.8 Å². The van der Waals surface area contributed by atoms with Crippen LogP contribution in [0.5, 0.6) is 0 Å². The molecule has 5 nitrogen and oxygen atoms in total. The second-order valence-electron chi connectivity index (χ2n) is 5.82. The van der Waals surface area contributed by atoms with Crippen LogP contribution in [-0.4, -0.2) is 42.5 Å². The summed E-state index contributed by atoms with van der Waals surface area (Å²) in [6.07, 6.45) is 0. The van der Waals surface area contributed by atoms with E-state index in [1.54, 1.807) is 12.1 Å². The summed E-state index contributed by atoms with van der Waals surface area (Å²) in [4.78, 5) is 18.6. The van der Waals surface area contributed by atoms with Gasteiger partial charge in [0.2, 0.25) is 0 Å². The third-order valence-electron chi connectivity index (χ3n) is 4.19. The molecule has 0 N–H and O–H groups in total. The molecule has 2 heterocycles. The summed E-state index contributed by atoms with van der Waals surface area (Å²) in [5.74, 6) is -0.219. The number of benzene rings is 2. The van der Waals surface area contributed by atoms with Crippen LogP contribution in [0.2, 0.25) is 5.02 Å². The first-order valence-corrected chi connectivity index (χ1v) is 10.3. The predicted octanol–water partition coefficient (Wildman–Crippen LogP) is 3.25. The van der Waals surface area contributed by atoms with Crippen LogP contribution in [0.4, 0.5) is 0 Å². The fourth-order valence-electron chi connectivity index (χ4n) is 2.72. The van der Waals surface area contributed by atoms with Gasteiger partial charge in [-0.1, -0.05) is 23.7 Å². The molecule has 0 aliphatic carbocycles. The second kappa shape index (κ2) is 6.09. The number of amides is 1. The van der Waals surface area contributed by atoms with Crippen LogP contribution in [-0.2, 0) is 9.84 Å². The van der Waals surface area contributed by atoms with E-state index in [9.17, 15) is 13.2 Å². The van der Waals surface area contributed by atoms with Crippen molar-refractivity contribution >= 4 is 48.9 Å². The zero-order chi connectivity index (χ0) is 17.6. The van der Waals surface area contributed by atoms with E-state index in [1.807, 2.05) is 24.3 Å². The molecule has 0 radical (unpaired) electrons. The lowest BCUT2D eigenvalue weighted by Gasteiger charge is -2.38. The van der Waals surface area contributed by atoms with Gasteiger partial charge in [0.1, 0.15) is 5.25 Å². The van der Waals surface area contributed by atoms with Gasteiger partial charge >= 0.3 is 0 Å². The van der Waals surface area contributed by atoms with E-state index >= 15 is 0 Å². The van der Waals surface area contributed by atoms with Crippen molar-refractivity contribution in [2.45, 2.75) is 10.1 Å². The number of carbonyl (C=O) groups is 1. The first-order valence-electron chi connectivity index (χ1n) is 7.59. The molecule has 3 aromatic rings. The van der Waals surface area contributed by atoms with Crippen LogP contribution in [0.15, 0.2) is 53.4 Å². The van der Waals surface area contributed by atoms with Gasteiger partial charge in [-0.15, -0.1) is 11.3 Å². The highest BCUT2D eigenvalue weighted by Gasteiger charge is 2.41. The van der Waals surface area contributed by atoms with Gasteiger partial charge in [0.05, 0.1) is 15.1 Å². The monoisotopic (exact) mass is 392 g/mol. The number of halogens is 1. The highest BCUT2D eigenvalue weighted by atomic mass is 35.5. The largest absolute Gasteiger partial charge is 0.334 e. The Morgan fingerprint density at radius 1 is 1.12 bits per heavy atom. The molecule has 1 aliphatic rings. The maximum Gasteiger partial charge on any atom is 0.282 e. The zero-order valence-electron chi connectivity index (χ0n) is 12.9. The number of aromatic nitrogens is 1. The minimum absolute atomic E-state index is 0.180. The summed E-state index contributed by atoms with van der Waals surface area (Å²) in [5.41, 5.74) is 0.779. The van der Waals surface area contributed by atoms with Gasteiger partial charge in [-0.2, -0.15) is 0 Å². The molecule has 0 atom stereocenters. The Labute approximate surface area is 153 Å². The Morgan fingerprint density at radius 2 is 1.80 bits per heavy atom. The predicted molar refractivity (Wildman–Crippen MR) is 97.9 cm³/mol. The van der Waals surface area contributed by atoms with E-state index in [0.717, 1.165) is 10.2 Å². The summed E-state index contributed by atoms with van der Waals surface area (Å²) < 4.78 is 26.1. The van der Waals surface area contributed by atoms with Crippen LogP contribution in [0, 0.1) is 0 Å². The number of hydrogen-bond donors (Lipinski definition) is 0.